The highest BCUT2D eigenvalue weighted by atomic mass is 79.9. The summed E-state index contributed by atoms with van der Waals surface area (Å²) in [4.78, 5) is 0. The molecule has 1 heterocycles. The van der Waals surface area contributed by atoms with Crippen LogP contribution in [0.15, 0.2) is 22.7 Å². The van der Waals surface area contributed by atoms with Crippen LogP contribution >= 0.6 is 15.9 Å². The molecular formula is C13H14BrF3N4. The van der Waals surface area contributed by atoms with Gasteiger partial charge in [0.15, 0.2) is 0 Å². The Morgan fingerprint density at radius 2 is 2.00 bits per heavy atom. The third kappa shape index (κ3) is 3.11. The second-order valence-corrected chi connectivity index (χ2v) is 5.50. The minimum absolute atomic E-state index is 0.000310. The number of hydrogen-bond donors (Lipinski definition) is 1. The van der Waals surface area contributed by atoms with Crippen LogP contribution in [0.3, 0.4) is 0 Å². The van der Waals surface area contributed by atoms with Gasteiger partial charge in [0.25, 0.3) is 0 Å². The lowest BCUT2D eigenvalue weighted by molar-refractivity contribution is -0.138. The molecule has 1 aromatic heterocycles. The van der Waals surface area contributed by atoms with Gasteiger partial charge < -0.3 is 5.32 Å². The first-order chi connectivity index (χ1) is 9.75. The third-order valence-corrected chi connectivity index (χ3v) is 3.96. The maximum absolute atomic E-state index is 12.9. The van der Waals surface area contributed by atoms with Crippen LogP contribution in [0.2, 0.25) is 0 Å². The highest BCUT2D eigenvalue weighted by Crippen LogP contribution is 2.36. The van der Waals surface area contributed by atoms with Gasteiger partial charge in [0, 0.05) is 4.47 Å². The number of rotatable bonds is 3. The van der Waals surface area contributed by atoms with Crippen LogP contribution in [0.25, 0.3) is 5.69 Å². The molecular weight excluding hydrogens is 349 g/mol. The number of alkyl halides is 3. The highest BCUT2D eigenvalue weighted by molar-refractivity contribution is 9.10. The zero-order valence-corrected chi connectivity index (χ0v) is 13.2. The Hall–Kier alpha value is -1.41. The lowest BCUT2D eigenvalue weighted by Gasteiger charge is -2.12. The Bertz CT molecular complexity index is 651. The fourth-order valence-electron chi connectivity index (χ4n) is 1.99. The number of benzene rings is 1. The minimum Gasteiger partial charge on any atom is -0.312 e. The first kappa shape index (κ1) is 16.0. The van der Waals surface area contributed by atoms with Crippen molar-refractivity contribution in [1.82, 2.24) is 20.3 Å². The molecule has 4 nitrogen and oxygen atoms in total. The molecule has 1 atom stereocenters. The van der Waals surface area contributed by atoms with Gasteiger partial charge in [0.1, 0.15) is 5.69 Å². The molecule has 2 aromatic rings. The van der Waals surface area contributed by atoms with Crippen LogP contribution < -0.4 is 5.32 Å². The van der Waals surface area contributed by atoms with Gasteiger partial charge in [-0.25, -0.2) is 4.68 Å². The topological polar surface area (TPSA) is 42.7 Å². The first-order valence-electron chi connectivity index (χ1n) is 6.22. The predicted molar refractivity (Wildman–Crippen MR) is 76.3 cm³/mol. The van der Waals surface area contributed by atoms with Crippen molar-refractivity contribution in [3.8, 4) is 5.69 Å². The minimum atomic E-state index is -4.43. The molecule has 0 saturated heterocycles. The van der Waals surface area contributed by atoms with E-state index in [0.717, 1.165) is 6.07 Å². The van der Waals surface area contributed by atoms with Gasteiger partial charge in [0.2, 0.25) is 0 Å². The summed E-state index contributed by atoms with van der Waals surface area (Å²) < 4.78 is 40.3. The van der Waals surface area contributed by atoms with E-state index in [-0.39, 0.29) is 10.5 Å². The molecule has 114 valence electrons. The average Bonchev–Trinajstić information content (AvgIpc) is 2.79. The summed E-state index contributed by atoms with van der Waals surface area (Å²) in [6, 6.07) is 3.95. The van der Waals surface area contributed by atoms with Crippen molar-refractivity contribution in [1.29, 1.82) is 0 Å². The second-order valence-electron chi connectivity index (χ2n) is 4.64. The van der Waals surface area contributed by atoms with E-state index in [2.05, 4.69) is 31.6 Å². The third-order valence-electron chi connectivity index (χ3n) is 3.27. The van der Waals surface area contributed by atoms with Crippen molar-refractivity contribution in [2.24, 2.45) is 0 Å². The molecule has 8 heteroatoms. The summed E-state index contributed by atoms with van der Waals surface area (Å²) in [5, 5.41) is 11.0. The maximum Gasteiger partial charge on any atom is 0.417 e. The summed E-state index contributed by atoms with van der Waals surface area (Å²) in [5.74, 6) is 0. The van der Waals surface area contributed by atoms with Gasteiger partial charge in [-0.15, -0.1) is 5.10 Å². The average molecular weight is 363 g/mol. The summed E-state index contributed by atoms with van der Waals surface area (Å²) in [6.07, 6.45) is -4.43. The molecule has 0 amide bonds. The van der Waals surface area contributed by atoms with E-state index in [9.17, 15) is 13.2 Å². The summed E-state index contributed by atoms with van der Waals surface area (Å²) in [5.41, 5.74) is 0.990. The maximum atomic E-state index is 12.9. The standard InChI is InChI=1S/C13H14BrF3N4/c1-7(18-3)12-8(2)21(20-19-12)9-4-5-11(14)10(6-9)13(15,16)17/h4-7,18H,1-3H3. The smallest absolute Gasteiger partial charge is 0.312 e. The highest BCUT2D eigenvalue weighted by Gasteiger charge is 2.33. The molecule has 0 aliphatic carbocycles. The van der Waals surface area contributed by atoms with Crippen molar-refractivity contribution in [2.45, 2.75) is 26.1 Å². The Morgan fingerprint density at radius 1 is 1.33 bits per heavy atom. The number of nitrogens with one attached hydrogen (secondary N) is 1. The number of halogens is 4. The second kappa shape index (κ2) is 5.76. The van der Waals surface area contributed by atoms with E-state index < -0.39 is 11.7 Å². The number of hydrogen-bond acceptors (Lipinski definition) is 3. The lowest BCUT2D eigenvalue weighted by atomic mass is 10.1. The van der Waals surface area contributed by atoms with Crippen LogP contribution in [-0.2, 0) is 6.18 Å². The molecule has 0 radical (unpaired) electrons. The van der Waals surface area contributed by atoms with Crippen molar-refractivity contribution in [2.75, 3.05) is 7.05 Å². The van der Waals surface area contributed by atoms with Crippen LogP contribution in [0.1, 0.15) is 29.9 Å². The lowest BCUT2D eigenvalue weighted by Crippen LogP contribution is -2.14. The molecule has 0 fully saturated rings. The predicted octanol–water partition coefficient (Wildman–Crippen LogP) is 3.64. The van der Waals surface area contributed by atoms with Gasteiger partial charge >= 0.3 is 6.18 Å². The Kier molecular flexibility index (Phi) is 4.38. The molecule has 0 aliphatic heterocycles. The van der Waals surface area contributed by atoms with E-state index >= 15 is 0 Å². The Labute approximate surface area is 128 Å². The molecule has 1 aromatic carbocycles. The quantitative estimate of drug-likeness (QED) is 0.906. The van der Waals surface area contributed by atoms with Crippen molar-refractivity contribution < 1.29 is 13.2 Å². The SMILES string of the molecule is CNC(C)c1nnn(-c2ccc(Br)c(C(F)(F)F)c2)c1C. The fourth-order valence-corrected chi connectivity index (χ4v) is 2.46. The molecule has 0 aliphatic rings. The number of aromatic nitrogens is 3. The van der Waals surface area contributed by atoms with E-state index in [0.29, 0.717) is 17.1 Å². The van der Waals surface area contributed by atoms with Gasteiger partial charge in [-0.05, 0) is 39.1 Å². The fraction of sp³-hybridized carbons (Fsp3) is 0.385. The van der Waals surface area contributed by atoms with E-state index in [1.54, 1.807) is 20.0 Å². The monoisotopic (exact) mass is 362 g/mol. The molecule has 0 saturated carbocycles. The molecule has 2 rings (SSSR count). The zero-order valence-electron chi connectivity index (χ0n) is 11.7. The van der Waals surface area contributed by atoms with Crippen molar-refractivity contribution >= 4 is 15.9 Å². The summed E-state index contributed by atoms with van der Waals surface area (Å²) >= 11 is 2.92. The van der Waals surface area contributed by atoms with Crippen molar-refractivity contribution in [3.63, 3.8) is 0 Å². The normalized spacial score (nSPS) is 13.5. The Morgan fingerprint density at radius 3 is 2.57 bits per heavy atom. The summed E-state index contributed by atoms with van der Waals surface area (Å²) in [7, 11) is 1.78. The molecule has 1 unspecified atom stereocenters. The van der Waals surface area contributed by atoms with Crippen LogP contribution in [0, 0.1) is 6.92 Å². The number of nitrogens with zero attached hydrogens (tertiary/aromatic N) is 3. The zero-order chi connectivity index (χ0) is 15.8. The molecule has 0 spiro atoms. The van der Waals surface area contributed by atoms with Crippen molar-refractivity contribution in [3.05, 3.63) is 39.6 Å². The summed E-state index contributed by atoms with van der Waals surface area (Å²) in [6.45, 7) is 3.68. The molecule has 0 bridgehead atoms. The van der Waals surface area contributed by atoms with Gasteiger partial charge in [-0.1, -0.05) is 21.1 Å². The van der Waals surface area contributed by atoms with E-state index in [1.807, 2.05) is 6.92 Å². The van der Waals surface area contributed by atoms with Crippen LogP contribution in [-0.4, -0.2) is 22.0 Å². The van der Waals surface area contributed by atoms with Crippen LogP contribution in [0.4, 0.5) is 13.2 Å². The molecule has 1 N–H and O–H groups in total. The Balaban J connectivity index is 2.51. The van der Waals surface area contributed by atoms with Gasteiger partial charge in [-0.3, -0.25) is 0 Å². The van der Waals surface area contributed by atoms with Gasteiger partial charge in [0.05, 0.1) is 23.0 Å². The van der Waals surface area contributed by atoms with Crippen LogP contribution in [0.5, 0.6) is 0 Å². The molecule has 21 heavy (non-hydrogen) atoms. The van der Waals surface area contributed by atoms with E-state index in [1.165, 1.54) is 10.7 Å². The van der Waals surface area contributed by atoms with Gasteiger partial charge in [-0.2, -0.15) is 13.2 Å². The first-order valence-corrected chi connectivity index (χ1v) is 7.01. The van der Waals surface area contributed by atoms with E-state index in [4.69, 9.17) is 0 Å². The largest absolute Gasteiger partial charge is 0.417 e.